The summed E-state index contributed by atoms with van der Waals surface area (Å²) in [4.78, 5) is 15.2. The minimum atomic E-state index is -0.791. The Labute approximate surface area is 175 Å². The van der Waals surface area contributed by atoms with Crippen molar-refractivity contribution in [1.82, 2.24) is 4.90 Å². The predicted molar refractivity (Wildman–Crippen MR) is 117 cm³/mol. The fourth-order valence-corrected chi connectivity index (χ4v) is 3.29. The van der Waals surface area contributed by atoms with Crippen molar-refractivity contribution >= 4 is 11.6 Å². The van der Waals surface area contributed by atoms with E-state index < -0.39 is 5.60 Å². The average Bonchev–Trinajstić information content (AvgIpc) is 2.75. The van der Waals surface area contributed by atoms with E-state index in [0.717, 1.165) is 76.4 Å². The molecule has 1 N–H and O–H groups in total. The Morgan fingerprint density at radius 1 is 1.10 bits per heavy atom. The van der Waals surface area contributed by atoms with Gasteiger partial charge in [-0.25, -0.2) is 0 Å². The quantitative estimate of drug-likeness (QED) is 0.500. The summed E-state index contributed by atoms with van der Waals surface area (Å²) < 4.78 is 17.1. The number of benzene rings is 1. The van der Waals surface area contributed by atoms with Gasteiger partial charge in [0.05, 0.1) is 19.8 Å². The molecule has 6 nitrogen and oxygen atoms in total. The van der Waals surface area contributed by atoms with Gasteiger partial charge in [0.2, 0.25) is 0 Å². The van der Waals surface area contributed by atoms with Gasteiger partial charge >= 0.3 is 0 Å². The molecule has 0 aliphatic carbocycles. The van der Waals surface area contributed by atoms with Gasteiger partial charge in [0.25, 0.3) is 5.91 Å². The van der Waals surface area contributed by atoms with Crippen molar-refractivity contribution in [2.45, 2.75) is 58.5 Å². The lowest BCUT2D eigenvalue weighted by Gasteiger charge is -2.28. The van der Waals surface area contributed by atoms with Gasteiger partial charge in [-0.3, -0.25) is 9.69 Å². The van der Waals surface area contributed by atoms with Gasteiger partial charge in [-0.1, -0.05) is 26.7 Å². The molecule has 0 radical (unpaired) electrons. The summed E-state index contributed by atoms with van der Waals surface area (Å²) in [6.07, 6.45) is 4.61. The van der Waals surface area contributed by atoms with Gasteiger partial charge in [0, 0.05) is 31.9 Å². The number of hydrogen-bond donors (Lipinski definition) is 1. The lowest BCUT2D eigenvalue weighted by molar-refractivity contribution is -0.140. The average molecular weight is 407 g/mol. The summed E-state index contributed by atoms with van der Waals surface area (Å²) in [5.41, 5.74) is -0.0285. The molecule has 0 saturated carbocycles. The summed E-state index contributed by atoms with van der Waals surface area (Å²) in [7, 11) is 0. The highest BCUT2D eigenvalue weighted by molar-refractivity contribution is 5.97. The van der Waals surface area contributed by atoms with Crippen molar-refractivity contribution in [3.8, 4) is 5.75 Å². The van der Waals surface area contributed by atoms with Crippen LogP contribution in [-0.4, -0.2) is 62.5 Å². The number of amides is 1. The Morgan fingerprint density at radius 2 is 1.83 bits per heavy atom. The molecule has 1 fully saturated rings. The molecule has 1 heterocycles. The predicted octanol–water partition coefficient (Wildman–Crippen LogP) is 4.10. The third-order valence-corrected chi connectivity index (χ3v) is 5.22. The van der Waals surface area contributed by atoms with Crippen molar-refractivity contribution in [2.24, 2.45) is 0 Å². The van der Waals surface area contributed by atoms with E-state index in [0.29, 0.717) is 13.2 Å². The fraction of sp³-hybridized carbons (Fsp3) is 0.696. The van der Waals surface area contributed by atoms with Gasteiger partial charge in [-0.2, -0.15) is 0 Å². The molecule has 1 aromatic rings. The Balaban J connectivity index is 1.78. The molecule has 164 valence electrons. The second-order valence-electron chi connectivity index (χ2n) is 7.82. The lowest BCUT2D eigenvalue weighted by atomic mass is 9.97. The first-order chi connectivity index (χ1) is 14.1. The lowest BCUT2D eigenvalue weighted by Crippen LogP contribution is -2.43. The topological polar surface area (TPSA) is 60.0 Å². The number of rotatable bonds is 13. The minimum absolute atomic E-state index is 0.0846. The van der Waals surface area contributed by atoms with Crippen LogP contribution >= 0.6 is 0 Å². The van der Waals surface area contributed by atoms with Crippen molar-refractivity contribution in [2.75, 3.05) is 51.4 Å². The van der Waals surface area contributed by atoms with E-state index in [9.17, 15) is 4.79 Å². The second kappa shape index (κ2) is 12.8. The van der Waals surface area contributed by atoms with Gasteiger partial charge in [-0.05, 0) is 50.5 Å². The van der Waals surface area contributed by atoms with Crippen LogP contribution in [0.15, 0.2) is 24.3 Å². The molecule has 1 aliphatic heterocycles. The van der Waals surface area contributed by atoms with Gasteiger partial charge in [0.15, 0.2) is 0 Å². The zero-order chi connectivity index (χ0) is 21.0. The highest BCUT2D eigenvalue weighted by Gasteiger charge is 2.33. The first-order valence-corrected chi connectivity index (χ1v) is 11.1. The van der Waals surface area contributed by atoms with Crippen molar-refractivity contribution in [3.63, 3.8) is 0 Å². The molecule has 1 saturated heterocycles. The van der Waals surface area contributed by atoms with E-state index in [1.54, 1.807) is 0 Å². The summed E-state index contributed by atoms with van der Waals surface area (Å²) in [5.74, 6) is 0.736. The van der Waals surface area contributed by atoms with Crippen LogP contribution in [-0.2, 0) is 14.3 Å². The minimum Gasteiger partial charge on any atom is -0.494 e. The van der Waals surface area contributed by atoms with Crippen LogP contribution in [0.2, 0.25) is 0 Å². The largest absolute Gasteiger partial charge is 0.494 e. The number of nitrogens with zero attached hydrogens (tertiary/aromatic N) is 1. The third kappa shape index (κ3) is 8.33. The zero-order valence-corrected chi connectivity index (χ0v) is 18.4. The van der Waals surface area contributed by atoms with E-state index in [1.807, 2.05) is 31.2 Å². The first-order valence-electron chi connectivity index (χ1n) is 11.1. The normalized spacial score (nSPS) is 16.9. The summed E-state index contributed by atoms with van der Waals surface area (Å²) in [6, 6.07) is 7.58. The SMILES string of the molecule is CCCC[C@@](C)(OCCC)C(=O)Nc1ccc(OCCCN2CCOCC2)cc1. The fourth-order valence-electron chi connectivity index (χ4n) is 3.29. The molecule has 29 heavy (non-hydrogen) atoms. The van der Waals surface area contributed by atoms with Gasteiger partial charge in [0.1, 0.15) is 11.4 Å². The van der Waals surface area contributed by atoms with Crippen LogP contribution in [0, 0.1) is 0 Å². The molecule has 0 aromatic heterocycles. The first kappa shape index (κ1) is 23.6. The van der Waals surface area contributed by atoms with E-state index in [1.165, 1.54) is 0 Å². The number of anilines is 1. The van der Waals surface area contributed by atoms with Crippen molar-refractivity contribution in [3.05, 3.63) is 24.3 Å². The number of carbonyl (C=O) groups is 1. The standard InChI is InChI=1S/C23H38N2O4/c1-4-6-12-23(3,29-16-5-2)22(26)24-20-8-10-21(11-9-20)28-17-7-13-25-14-18-27-19-15-25/h8-11H,4-7,12-19H2,1-3H3,(H,24,26)/t23-/m1/s1. The summed E-state index contributed by atoms with van der Waals surface area (Å²) in [5, 5.41) is 3.00. The maximum Gasteiger partial charge on any atom is 0.256 e. The van der Waals surface area contributed by atoms with Crippen molar-refractivity contribution < 1.29 is 19.0 Å². The summed E-state index contributed by atoms with van der Waals surface area (Å²) >= 11 is 0. The number of morpholine rings is 1. The Morgan fingerprint density at radius 3 is 2.48 bits per heavy atom. The smallest absolute Gasteiger partial charge is 0.256 e. The van der Waals surface area contributed by atoms with Crippen LogP contribution in [0.25, 0.3) is 0 Å². The van der Waals surface area contributed by atoms with E-state index in [2.05, 4.69) is 24.1 Å². The van der Waals surface area contributed by atoms with Crippen LogP contribution in [0.4, 0.5) is 5.69 Å². The third-order valence-electron chi connectivity index (χ3n) is 5.22. The highest BCUT2D eigenvalue weighted by Crippen LogP contribution is 2.23. The molecule has 1 aliphatic rings. The molecule has 6 heteroatoms. The second-order valence-corrected chi connectivity index (χ2v) is 7.82. The molecule has 1 amide bonds. The highest BCUT2D eigenvalue weighted by atomic mass is 16.5. The molecular weight excluding hydrogens is 368 g/mol. The van der Waals surface area contributed by atoms with Crippen LogP contribution in [0.5, 0.6) is 5.75 Å². The van der Waals surface area contributed by atoms with Crippen molar-refractivity contribution in [1.29, 1.82) is 0 Å². The van der Waals surface area contributed by atoms with Crippen LogP contribution in [0.1, 0.15) is 52.9 Å². The monoisotopic (exact) mass is 406 g/mol. The molecule has 0 spiro atoms. The Hall–Kier alpha value is -1.63. The van der Waals surface area contributed by atoms with Gasteiger partial charge in [-0.15, -0.1) is 0 Å². The van der Waals surface area contributed by atoms with Gasteiger partial charge < -0.3 is 19.5 Å². The van der Waals surface area contributed by atoms with E-state index >= 15 is 0 Å². The van der Waals surface area contributed by atoms with Crippen LogP contribution in [0.3, 0.4) is 0 Å². The van der Waals surface area contributed by atoms with E-state index in [-0.39, 0.29) is 5.91 Å². The zero-order valence-electron chi connectivity index (χ0n) is 18.4. The van der Waals surface area contributed by atoms with Crippen LogP contribution < -0.4 is 10.1 Å². The number of hydrogen-bond acceptors (Lipinski definition) is 5. The molecule has 1 aromatic carbocycles. The summed E-state index contributed by atoms with van der Waals surface area (Å²) in [6.45, 7) is 12.0. The Kier molecular flexibility index (Phi) is 10.5. The molecular formula is C23H38N2O4. The van der Waals surface area contributed by atoms with E-state index in [4.69, 9.17) is 14.2 Å². The molecule has 1 atom stereocenters. The number of ether oxygens (including phenoxy) is 3. The molecule has 0 bridgehead atoms. The molecule has 2 rings (SSSR count). The molecule has 0 unspecified atom stereocenters. The maximum absolute atomic E-state index is 12.8. The Bertz CT molecular complexity index is 577. The number of carbonyl (C=O) groups excluding carboxylic acids is 1. The number of nitrogens with one attached hydrogen (secondary N) is 1. The maximum atomic E-state index is 12.8. The number of unbranched alkanes of at least 4 members (excludes halogenated alkanes) is 1.